The number of halogens is 3. The molecule has 1 aromatic rings. The van der Waals surface area contributed by atoms with E-state index in [0.717, 1.165) is 0 Å². The van der Waals surface area contributed by atoms with Crippen LogP contribution in [0.1, 0.15) is 10.5 Å². The van der Waals surface area contributed by atoms with Gasteiger partial charge in [0, 0.05) is 10.6 Å². The molecule has 0 spiro atoms. The van der Waals surface area contributed by atoms with Gasteiger partial charge < -0.3 is 0 Å². The maximum Gasteiger partial charge on any atom is 0.153 e. The van der Waals surface area contributed by atoms with E-state index in [0.29, 0.717) is 10.6 Å². The van der Waals surface area contributed by atoms with Gasteiger partial charge in [-0.15, -0.1) is 0 Å². The van der Waals surface area contributed by atoms with Gasteiger partial charge in [0.05, 0.1) is 0 Å². The Morgan fingerprint density at radius 1 is 1.58 bits per heavy atom. The average Bonchev–Trinajstić information content (AvgIpc) is 2.03. The van der Waals surface area contributed by atoms with E-state index in [-0.39, 0.29) is 0 Å². The Labute approximate surface area is 82.4 Å². The predicted molar refractivity (Wildman–Crippen MR) is 48.2 cm³/mol. The van der Waals surface area contributed by atoms with Crippen molar-refractivity contribution >= 4 is 27.5 Å². The van der Waals surface area contributed by atoms with Crippen molar-refractivity contribution in [2.24, 2.45) is 5.11 Å². The minimum absolute atomic E-state index is 0.314. The topological polar surface area (TPSA) is 36.2 Å². The van der Waals surface area contributed by atoms with Gasteiger partial charge in [-0.05, 0) is 12.1 Å². The molecule has 1 aromatic carbocycles. The van der Waals surface area contributed by atoms with Gasteiger partial charge in [0.2, 0.25) is 0 Å². The summed E-state index contributed by atoms with van der Waals surface area (Å²) in [5.74, 6) is -0.458. The van der Waals surface area contributed by atoms with Gasteiger partial charge in [0.15, 0.2) is 4.95 Å². The highest BCUT2D eigenvalue weighted by molar-refractivity contribution is 9.09. The molecule has 1 atom stereocenters. The monoisotopic (exact) mass is 250 g/mol. The van der Waals surface area contributed by atoms with E-state index in [9.17, 15) is 4.39 Å². The Bertz CT molecular complexity index is 305. The van der Waals surface area contributed by atoms with Gasteiger partial charge in [-0.2, -0.15) is 5.11 Å². The van der Waals surface area contributed by atoms with Crippen LogP contribution in [0.4, 0.5) is 4.39 Å². The maximum atomic E-state index is 13.0. The molecule has 0 heterocycles. The molecule has 0 bridgehead atoms. The number of hydrogen-bond donors (Lipinski definition) is 1. The Morgan fingerprint density at radius 3 is 2.75 bits per heavy atom. The van der Waals surface area contributed by atoms with Crippen molar-refractivity contribution in [3.05, 3.63) is 34.6 Å². The molecule has 0 aromatic heterocycles. The van der Waals surface area contributed by atoms with Gasteiger partial charge in [0.1, 0.15) is 5.82 Å². The van der Waals surface area contributed by atoms with Crippen molar-refractivity contribution in [2.75, 3.05) is 0 Å². The summed E-state index contributed by atoms with van der Waals surface area (Å²) in [5, 5.41) is 3.47. The van der Waals surface area contributed by atoms with Crippen molar-refractivity contribution in [3.63, 3.8) is 0 Å². The SMILES string of the molecule is N=NC(Br)c1ccc(Cl)cc1F. The predicted octanol–water partition coefficient (Wildman–Crippen LogP) is 3.90. The highest BCUT2D eigenvalue weighted by Crippen LogP contribution is 2.27. The Balaban J connectivity index is 3.09. The Kier molecular flexibility index (Phi) is 3.17. The van der Waals surface area contributed by atoms with E-state index in [4.69, 9.17) is 17.1 Å². The first-order valence-corrected chi connectivity index (χ1v) is 4.40. The molecule has 0 aliphatic carbocycles. The van der Waals surface area contributed by atoms with E-state index >= 15 is 0 Å². The summed E-state index contributed by atoms with van der Waals surface area (Å²) < 4.78 is 13.0. The largest absolute Gasteiger partial charge is 0.208 e. The number of rotatable bonds is 2. The minimum Gasteiger partial charge on any atom is -0.208 e. The normalized spacial score (nSPS) is 12.6. The Morgan fingerprint density at radius 2 is 2.25 bits per heavy atom. The Hall–Kier alpha value is -0.480. The smallest absolute Gasteiger partial charge is 0.153 e. The van der Waals surface area contributed by atoms with Gasteiger partial charge in [-0.3, -0.25) is 0 Å². The molecule has 0 saturated heterocycles. The third-order valence-corrected chi connectivity index (χ3v) is 2.27. The lowest BCUT2D eigenvalue weighted by Gasteiger charge is -2.03. The standard InChI is InChI=1S/C7H5BrClFN2/c8-7(12-11)5-2-1-4(9)3-6(5)10/h1-3,7,11H. The molecule has 0 aliphatic heterocycles. The summed E-state index contributed by atoms with van der Waals surface area (Å²) in [6.45, 7) is 0. The molecule has 0 fully saturated rings. The summed E-state index contributed by atoms with van der Waals surface area (Å²) in [7, 11) is 0. The van der Waals surface area contributed by atoms with Crippen LogP contribution in [0.15, 0.2) is 23.3 Å². The van der Waals surface area contributed by atoms with Crippen LogP contribution in [0, 0.1) is 11.3 Å². The lowest BCUT2D eigenvalue weighted by molar-refractivity contribution is 0.607. The van der Waals surface area contributed by atoms with E-state index in [1.807, 2.05) is 0 Å². The van der Waals surface area contributed by atoms with E-state index < -0.39 is 10.8 Å². The number of nitrogens with zero attached hydrogens (tertiary/aromatic N) is 1. The average molecular weight is 251 g/mol. The van der Waals surface area contributed by atoms with Crippen LogP contribution < -0.4 is 0 Å². The first kappa shape index (κ1) is 9.61. The van der Waals surface area contributed by atoms with Crippen molar-refractivity contribution in [2.45, 2.75) is 4.95 Å². The first-order chi connectivity index (χ1) is 5.65. The van der Waals surface area contributed by atoms with Gasteiger partial charge >= 0.3 is 0 Å². The number of benzene rings is 1. The molecule has 5 heteroatoms. The fourth-order valence-electron chi connectivity index (χ4n) is 0.764. The lowest BCUT2D eigenvalue weighted by Crippen LogP contribution is -1.89. The van der Waals surface area contributed by atoms with Crippen molar-refractivity contribution < 1.29 is 4.39 Å². The zero-order chi connectivity index (χ0) is 9.14. The van der Waals surface area contributed by atoms with E-state index in [2.05, 4.69) is 21.0 Å². The summed E-state index contributed by atoms with van der Waals surface area (Å²) in [6, 6.07) is 4.24. The third kappa shape index (κ3) is 2.01. The summed E-state index contributed by atoms with van der Waals surface area (Å²) in [5.41, 5.74) is 6.99. The van der Waals surface area contributed by atoms with Gasteiger partial charge in [-0.25, -0.2) is 9.92 Å². The summed E-state index contributed by atoms with van der Waals surface area (Å²) in [6.07, 6.45) is 0. The molecule has 12 heavy (non-hydrogen) atoms. The van der Waals surface area contributed by atoms with Crippen LogP contribution in [-0.4, -0.2) is 0 Å². The van der Waals surface area contributed by atoms with Crippen LogP contribution >= 0.6 is 27.5 Å². The van der Waals surface area contributed by atoms with Crippen LogP contribution in [0.25, 0.3) is 0 Å². The van der Waals surface area contributed by atoms with Crippen LogP contribution in [0.2, 0.25) is 5.02 Å². The number of hydrogen-bond acceptors (Lipinski definition) is 2. The second kappa shape index (κ2) is 3.96. The van der Waals surface area contributed by atoms with Crippen LogP contribution in [-0.2, 0) is 0 Å². The molecule has 64 valence electrons. The second-order valence-electron chi connectivity index (χ2n) is 2.13. The zero-order valence-electron chi connectivity index (χ0n) is 5.89. The lowest BCUT2D eigenvalue weighted by atomic mass is 10.2. The van der Waals surface area contributed by atoms with Crippen molar-refractivity contribution in [1.82, 2.24) is 0 Å². The highest BCUT2D eigenvalue weighted by Gasteiger charge is 2.10. The fourth-order valence-corrected chi connectivity index (χ4v) is 1.29. The zero-order valence-corrected chi connectivity index (χ0v) is 8.23. The van der Waals surface area contributed by atoms with E-state index in [1.165, 1.54) is 12.1 Å². The fraction of sp³-hybridized carbons (Fsp3) is 0.143. The summed E-state index contributed by atoms with van der Waals surface area (Å²) in [4.78, 5) is -0.630. The first-order valence-electron chi connectivity index (χ1n) is 3.10. The molecular weight excluding hydrogens is 246 g/mol. The van der Waals surface area contributed by atoms with Gasteiger partial charge in [-0.1, -0.05) is 33.6 Å². The molecule has 0 saturated carbocycles. The molecule has 0 amide bonds. The second-order valence-corrected chi connectivity index (χ2v) is 3.43. The highest BCUT2D eigenvalue weighted by atomic mass is 79.9. The third-order valence-electron chi connectivity index (χ3n) is 1.33. The van der Waals surface area contributed by atoms with Crippen molar-refractivity contribution in [3.8, 4) is 0 Å². The molecule has 1 unspecified atom stereocenters. The molecule has 1 rings (SSSR count). The molecule has 0 aliphatic rings. The molecular formula is C7H5BrClFN2. The molecule has 2 nitrogen and oxygen atoms in total. The van der Waals surface area contributed by atoms with E-state index in [1.54, 1.807) is 6.07 Å². The van der Waals surface area contributed by atoms with Crippen molar-refractivity contribution in [1.29, 1.82) is 5.53 Å². The van der Waals surface area contributed by atoms with Crippen LogP contribution in [0.5, 0.6) is 0 Å². The van der Waals surface area contributed by atoms with Crippen LogP contribution in [0.3, 0.4) is 0 Å². The number of alkyl halides is 1. The van der Waals surface area contributed by atoms with Gasteiger partial charge in [0.25, 0.3) is 0 Å². The maximum absolute atomic E-state index is 13.0. The molecule has 1 N–H and O–H groups in total. The summed E-state index contributed by atoms with van der Waals surface area (Å²) >= 11 is 8.56. The quantitative estimate of drug-likeness (QED) is 0.470. The number of nitrogens with one attached hydrogen (secondary N) is 1. The minimum atomic E-state index is -0.630. The molecule has 0 radical (unpaired) electrons.